The smallest absolute Gasteiger partial charge is 0.242 e. The van der Waals surface area contributed by atoms with Crippen LogP contribution >= 0.6 is 12.4 Å². The first-order chi connectivity index (χ1) is 13.1. The second-order valence-corrected chi connectivity index (χ2v) is 10.1. The highest BCUT2D eigenvalue weighted by Crippen LogP contribution is 2.31. The molecule has 0 spiro atoms. The van der Waals surface area contributed by atoms with E-state index in [2.05, 4.69) is 0 Å². The van der Waals surface area contributed by atoms with Gasteiger partial charge in [-0.15, -0.1) is 12.4 Å². The topological polar surface area (TPSA) is 107 Å². The average Bonchev–Trinajstić information content (AvgIpc) is 2.62. The fraction of sp³-hybridized carbons (Fsp3) is 0.222. The largest absolute Gasteiger partial charge is 0.456 e. The molecule has 0 saturated carbocycles. The van der Waals surface area contributed by atoms with Gasteiger partial charge in [0.25, 0.3) is 0 Å². The summed E-state index contributed by atoms with van der Waals surface area (Å²) in [4.78, 5) is -0.219. The SMILES string of the molecule is CN(C)S(=O)(=O)c1cccc(Oc2ccccc2S(=O)(=O)C/C(F)=C/CN)c1.Cl. The molecule has 2 N–H and O–H groups in total. The van der Waals surface area contributed by atoms with Gasteiger partial charge in [-0.1, -0.05) is 18.2 Å². The molecule has 2 aromatic rings. The highest BCUT2D eigenvalue weighted by atomic mass is 35.5. The van der Waals surface area contributed by atoms with Gasteiger partial charge in [-0.25, -0.2) is 25.5 Å². The zero-order chi connectivity index (χ0) is 20.9. The Balaban J connectivity index is 0.00000420. The fourth-order valence-corrected chi connectivity index (χ4v) is 4.55. The summed E-state index contributed by atoms with van der Waals surface area (Å²) in [5.41, 5.74) is 5.20. The van der Waals surface area contributed by atoms with Crippen LogP contribution in [-0.2, 0) is 19.9 Å². The van der Waals surface area contributed by atoms with Crippen LogP contribution in [0, 0.1) is 0 Å². The van der Waals surface area contributed by atoms with Gasteiger partial charge in [0.2, 0.25) is 10.0 Å². The van der Waals surface area contributed by atoms with E-state index in [4.69, 9.17) is 10.5 Å². The lowest BCUT2D eigenvalue weighted by Gasteiger charge is -2.14. The first kappa shape index (κ1) is 25.1. The van der Waals surface area contributed by atoms with Crippen molar-refractivity contribution in [2.24, 2.45) is 5.73 Å². The van der Waals surface area contributed by atoms with Crippen LogP contribution in [0.1, 0.15) is 0 Å². The van der Waals surface area contributed by atoms with E-state index in [-0.39, 0.29) is 40.2 Å². The van der Waals surface area contributed by atoms with Crippen molar-refractivity contribution < 1.29 is 26.0 Å². The number of sulfone groups is 1. The maximum atomic E-state index is 13.7. The van der Waals surface area contributed by atoms with Crippen molar-refractivity contribution in [2.75, 3.05) is 26.4 Å². The maximum Gasteiger partial charge on any atom is 0.242 e. The van der Waals surface area contributed by atoms with Crippen LogP contribution in [0.3, 0.4) is 0 Å². The van der Waals surface area contributed by atoms with Crippen LogP contribution in [0.2, 0.25) is 0 Å². The second kappa shape index (κ2) is 10.2. The number of nitrogens with zero attached hydrogens (tertiary/aromatic N) is 1. The monoisotopic (exact) mass is 464 g/mol. The van der Waals surface area contributed by atoms with Crippen LogP contribution in [0.4, 0.5) is 4.39 Å². The molecule has 0 fully saturated rings. The number of benzene rings is 2. The molecule has 11 heteroatoms. The lowest BCUT2D eigenvalue weighted by Crippen LogP contribution is -2.22. The quantitative estimate of drug-likeness (QED) is 0.643. The molecule has 0 aliphatic rings. The normalized spacial score (nSPS) is 12.5. The van der Waals surface area contributed by atoms with E-state index in [9.17, 15) is 21.2 Å². The van der Waals surface area contributed by atoms with Gasteiger partial charge in [-0.2, -0.15) is 0 Å². The summed E-state index contributed by atoms with van der Waals surface area (Å²) in [6, 6.07) is 11.4. The zero-order valence-corrected chi connectivity index (χ0v) is 18.2. The van der Waals surface area contributed by atoms with Crippen molar-refractivity contribution in [2.45, 2.75) is 9.79 Å². The molecule has 0 atom stereocenters. The molecule has 2 aromatic carbocycles. The first-order valence-electron chi connectivity index (χ1n) is 8.15. The van der Waals surface area contributed by atoms with Crippen LogP contribution in [0.5, 0.6) is 11.5 Å². The van der Waals surface area contributed by atoms with Gasteiger partial charge < -0.3 is 10.5 Å². The number of para-hydroxylation sites is 1. The van der Waals surface area contributed by atoms with Crippen LogP contribution < -0.4 is 10.5 Å². The number of halogens is 2. The Kier molecular flexibility index (Phi) is 8.79. The lowest BCUT2D eigenvalue weighted by atomic mass is 10.3. The molecule has 0 aliphatic heterocycles. The van der Waals surface area contributed by atoms with E-state index >= 15 is 0 Å². The highest BCUT2D eigenvalue weighted by Gasteiger charge is 2.23. The molecule has 0 amide bonds. The van der Waals surface area contributed by atoms with Crippen molar-refractivity contribution in [3.63, 3.8) is 0 Å². The molecular weight excluding hydrogens is 443 g/mol. The highest BCUT2D eigenvalue weighted by molar-refractivity contribution is 7.91. The third-order valence-electron chi connectivity index (χ3n) is 3.66. The second-order valence-electron chi connectivity index (χ2n) is 5.96. The predicted molar refractivity (Wildman–Crippen MR) is 111 cm³/mol. The third kappa shape index (κ3) is 6.25. The van der Waals surface area contributed by atoms with Crippen molar-refractivity contribution in [3.8, 4) is 11.5 Å². The number of sulfonamides is 1. The number of hydrogen-bond acceptors (Lipinski definition) is 6. The standard InChI is InChI=1S/C18H21FN2O5S2.ClH/c1-21(2)28(24,25)16-7-5-6-15(12-16)26-17-8-3-4-9-18(17)27(22,23)13-14(19)10-11-20;/h3-10,12H,11,13,20H2,1-2H3;1H/b14-10-;. The molecule has 0 aromatic heterocycles. The third-order valence-corrected chi connectivity index (χ3v) is 7.14. The van der Waals surface area contributed by atoms with Crippen molar-refractivity contribution in [1.29, 1.82) is 0 Å². The lowest BCUT2D eigenvalue weighted by molar-refractivity contribution is 0.464. The molecule has 0 bridgehead atoms. The van der Waals surface area contributed by atoms with Crippen LogP contribution in [0.25, 0.3) is 0 Å². The number of hydrogen-bond donors (Lipinski definition) is 1. The summed E-state index contributed by atoms with van der Waals surface area (Å²) in [6.45, 7) is -0.118. The Labute approximate surface area is 176 Å². The van der Waals surface area contributed by atoms with Crippen molar-refractivity contribution >= 4 is 32.3 Å². The van der Waals surface area contributed by atoms with Gasteiger partial charge in [0.1, 0.15) is 28.0 Å². The summed E-state index contributed by atoms with van der Waals surface area (Å²) in [5.74, 6) is -1.62. The molecule has 0 saturated heterocycles. The summed E-state index contributed by atoms with van der Waals surface area (Å²) >= 11 is 0. The molecule has 7 nitrogen and oxygen atoms in total. The van der Waals surface area contributed by atoms with Gasteiger partial charge in [-0.3, -0.25) is 0 Å². The molecule has 0 unspecified atom stereocenters. The summed E-state index contributed by atoms with van der Waals surface area (Å²) in [7, 11) is -4.93. The van der Waals surface area contributed by atoms with E-state index in [1.165, 1.54) is 56.6 Å². The molecule has 160 valence electrons. The predicted octanol–water partition coefficient (Wildman–Crippen LogP) is 2.74. The van der Waals surface area contributed by atoms with Crippen LogP contribution in [-0.4, -0.2) is 47.5 Å². The minimum Gasteiger partial charge on any atom is -0.456 e. The minimum atomic E-state index is -4.03. The number of nitrogens with two attached hydrogens (primary N) is 1. The molecule has 29 heavy (non-hydrogen) atoms. The molecule has 2 rings (SSSR count). The Morgan fingerprint density at radius 1 is 1.10 bits per heavy atom. The van der Waals surface area contributed by atoms with Gasteiger partial charge in [0, 0.05) is 26.7 Å². The maximum absolute atomic E-state index is 13.7. The Hall–Kier alpha value is -1.98. The van der Waals surface area contributed by atoms with E-state index in [0.717, 1.165) is 10.4 Å². The Bertz CT molecular complexity index is 1090. The van der Waals surface area contributed by atoms with Gasteiger partial charge in [0.15, 0.2) is 9.84 Å². The van der Waals surface area contributed by atoms with E-state index in [0.29, 0.717) is 0 Å². The number of rotatable bonds is 8. The van der Waals surface area contributed by atoms with E-state index in [1.807, 2.05) is 0 Å². The summed E-state index contributed by atoms with van der Waals surface area (Å²) < 4.78 is 70.0. The summed E-state index contributed by atoms with van der Waals surface area (Å²) in [6.07, 6.45) is 0.983. The summed E-state index contributed by atoms with van der Waals surface area (Å²) in [5, 5.41) is 0. The molecule has 0 aliphatic carbocycles. The van der Waals surface area contributed by atoms with Crippen molar-refractivity contribution in [1.82, 2.24) is 4.31 Å². The average molecular weight is 465 g/mol. The van der Waals surface area contributed by atoms with Gasteiger partial charge in [0.05, 0.1) is 4.90 Å². The molecule has 0 radical (unpaired) electrons. The fourth-order valence-electron chi connectivity index (χ4n) is 2.27. The van der Waals surface area contributed by atoms with E-state index < -0.39 is 31.4 Å². The first-order valence-corrected chi connectivity index (χ1v) is 11.2. The molecular formula is C18H22ClFN2O5S2. The van der Waals surface area contributed by atoms with E-state index in [1.54, 1.807) is 6.07 Å². The van der Waals surface area contributed by atoms with Crippen molar-refractivity contribution in [3.05, 3.63) is 60.4 Å². The Morgan fingerprint density at radius 3 is 2.38 bits per heavy atom. The molecule has 0 heterocycles. The number of ether oxygens (including phenoxy) is 1. The minimum absolute atomic E-state index is 0. The van der Waals surface area contributed by atoms with Crippen LogP contribution in [0.15, 0.2) is 70.2 Å². The Morgan fingerprint density at radius 2 is 1.76 bits per heavy atom. The van der Waals surface area contributed by atoms with Gasteiger partial charge in [-0.05, 0) is 30.3 Å². The van der Waals surface area contributed by atoms with Gasteiger partial charge >= 0.3 is 0 Å². The zero-order valence-electron chi connectivity index (χ0n) is 15.8.